The van der Waals surface area contributed by atoms with Gasteiger partial charge < -0.3 is 10.1 Å². The summed E-state index contributed by atoms with van der Waals surface area (Å²) in [5.74, 6) is 2.54. The molecule has 1 fully saturated rings. The van der Waals surface area contributed by atoms with Crippen LogP contribution >= 0.6 is 0 Å². The van der Waals surface area contributed by atoms with Crippen LogP contribution < -0.4 is 15.4 Å². The molecular weight excluding hydrogens is 356 g/mol. The summed E-state index contributed by atoms with van der Waals surface area (Å²) in [5.41, 5.74) is 0.484. The first-order valence-electron chi connectivity index (χ1n) is 9.30. The van der Waals surface area contributed by atoms with Crippen LogP contribution in [0.25, 0.3) is 0 Å². The molecule has 28 heavy (non-hydrogen) atoms. The first kappa shape index (κ1) is 18.1. The Morgan fingerprint density at radius 1 is 1.18 bits per heavy atom. The molecule has 0 atom stereocenters. The lowest BCUT2D eigenvalue weighted by Gasteiger charge is -2.19. The zero-order valence-corrected chi connectivity index (χ0v) is 15.6. The van der Waals surface area contributed by atoms with Crippen molar-refractivity contribution in [1.82, 2.24) is 25.1 Å². The Labute approximate surface area is 163 Å². The zero-order valence-electron chi connectivity index (χ0n) is 15.6. The van der Waals surface area contributed by atoms with Crippen LogP contribution in [0, 0.1) is 0 Å². The van der Waals surface area contributed by atoms with Gasteiger partial charge in [-0.1, -0.05) is 6.07 Å². The minimum absolute atomic E-state index is 0.257. The molecule has 3 aromatic rings. The lowest BCUT2D eigenvalue weighted by molar-refractivity contribution is 0.102. The summed E-state index contributed by atoms with van der Waals surface area (Å²) >= 11 is 0. The Bertz CT molecular complexity index is 950. The summed E-state index contributed by atoms with van der Waals surface area (Å²) in [7, 11) is 1.79. The van der Waals surface area contributed by atoms with Crippen molar-refractivity contribution < 1.29 is 9.53 Å². The average molecular weight is 378 g/mol. The molecule has 1 aliphatic heterocycles. The lowest BCUT2D eigenvalue weighted by atomic mass is 9.98. The normalized spacial score (nSPS) is 14.6. The van der Waals surface area contributed by atoms with Crippen molar-refractivity contribution in [2.24, 2.45) is 7.05 Å². The predicted octanol–water partition coefficient (Wildman–Crippen LogP) is 2.72. The zero-order chi connectivity index (χ0) is 19.3. The summed E-state index contributed by atoms with van der Waals surface area (Å²) in [6.45, 7) is 1.93. The van der Waals surface area contributed by atoms with E-state index in [2.05, 4.69) is 25.7 Å². The van der Waals surface area contributed by atoms with Gasteiger partial charge in [0.25, 0.3) is 5.91 Å². The highest BCUT2D eigenvalue weighted by atomic mass is 16.5. The molecule has 0 aliphatic carbocycles. The lowest BCUT2D eigenvalue weighted by Crippen LogP contribution is -2.27. The van der Waals surface area contributed by atoms with Crippen LogP contribution in [0.3, 0.4) is 0 Å². The summed E-state index contributed by atoms with van der Waals surface area (Å²) in [6, 6.07) is 10.5. The number of rotatable bonds is 5. The SMILES string of the molecule is Cn1nc(C2CCNCC2)nc1NC(=O)c1cccc(Oc2ccncc2)c1. The second kappa shape index (κ2) is 8.18. The number of anilines is 1. The van der Waals surface area contributed by atoms with Gasteiger partial charge in [0.05, 0.1) is 0 Å². The highest BCUT2D eigenvalue weighted by Gasteiger charge is 2.21. The topological polar surface area (TPSA) is 94.0 Å². The Morgan fingerprint density at radius 2 is 1.96 bits per heavy atom. The van der Waals surface area contributed by atoms with Crippen LogP contribution in [-0.2, 0) is 7.05 Å². The number of aromatic nitrogens is 4. The molecule has 1 aromatic carbocycles. The summed E-state index contributed by atoms with van der Waals surface area (Å²) in [4.78, 5) is 21.2. The maximum atomic E-state index is 12.7. The molecule has 1 saturated heterocycles. The molecular formula is C20H22N6O2. The molecule has 0 unspecified atom stereocenters. The molecule has 0 spiro atoms. The second-order valence-electron chi connectivity index (χ2n) is 6.71. The third kappa shape index (κ3) is 4.17. The number of hydrogen-bond donors (Lipinski definition) is 2. The quantitative estimate of drug-likeness (QED) is 0.709. The van der Waals surface area contributed by atoms with Crippen molar-refractivity contribution in [3.8, 4) is 11.5 Å². The van der Waals surface area contributed by atoms with Gasteiger partial charge in [-0.15, -0.1) is 0 Å². The number of piperidine rings is 1. The fourth-order valence-electron chi connectivity index (χ4n) is 3.18. The van der Waals surface area contributed by atoms with Crippen LogP contribution in [0.5, 0.6) is 11.5 Å². The van der Waals surface area contributed by atoms with Crippen molar-refractivity contribution in [1.29, 1.82) is 0 Å². The average Bonchev–Trinajstić information content (AvgIpc) is 3.10. The molecule has 144 valence electrons. The smallest absolute Gasteiger partial charge is 0.258 e. The molecule has 4 rings (SSSR count). The second-order valence-corrected chi connectivity index (χ2v) is 6.71. The van der Waals surface area contributed by atoms with Gasteiger partial charge in [-0.3, -0.25) is 15.1 Å². The number of pyridine rings is 1. The number of ether oxygens (including phenoxy) is 1. The number of hydrogen-bond acceptors (Lipinski definition) is 6. The molecule has 0 saturated carbocycles. The highest BCUT2D eigenvalue weighted by molar-refractivity contribution is 6.03. The van der Waals surface area contributed by atoms with Crippen molar-refractivity contribution in [3.05, 3.63) is 60.2 Å². The highest BCUT2D eigenvalue weighted by Crippen LogP contribution is 2.24. The van der Waals surface area contributed by atoms with E-state index in [0.29, 0.717) is 28.9 Å². The van der Waals surface area contributed by atoms with Crippen LogP contribution in [0.2, 0.25) is 0 Å². The maximum absolute atomic E-state index is 12.7. The van der Waals surface area contributed by atoms with Gasteiger partial charge in [0.15, 0.2) is 5.82 Å². The van der Waals surface area contributed by atoms with E-state index in [1.54, 1.807) is 60.5 Å². The third-order valence-corrected chi connectivity index (χ3v) is 4.69. The number of amides is 1. The van der Waals surface area contributed by atoms with Crippen molar-refractivity contribution in [2.45, 2.75) is 18.8 Å². The fourth-order valence-corrected chi connectivity index (χ4v) is 3.18. The molecule has 2 N–H and O–H groups in total. The maximum Gasteiger partial charge on any atom is 0.258 e. The van der Waals surface area contributed by atoms with E-state index in [0.717, 1.165) is 31.8 Å². The first-order chi connectivity index (χ1) is 13.7. The number of benzene rings is 1. The van der Waals surface area contributed by atoms with Crippen molar-refractivity contribution >= 4 is 11.9 Å². The minimum atomic E-state index is -0.257. The van der Waals surface area contributed by atoms with Crippen LogP contribution in [-0.4, -0.2) is 38.7 Å². The number of nitrogens with one attached hydrogen (secondary N) is 2. The Balaban J connectivity index is 1.46. The van der Waals surface area contributed by atoms with Gasteiger partial charge in [-0.2, -0.15) is 10.1 Å². The van der Waals surface area contributed by atoms with E-state index in [1.807, 2.05) is 0 Å². The van der Waals surface area contributed by atoms with E-state index in [9.17, 15) is 4.79 Å². The molecule has 2 aromatic heterocycles. The first-order valence-corrected chi connectivity index (χ1v) is 9.30. The van der Waals surface area contributed by atoms with Gasteiger partial charge in [0, 0.05) is 30.9 Å². The standard InChI is InChI=1S/C20H22N6O2/c1-26-20(23-18(25-26)14-5-9-21-10-6-14)24-19(27)15-3-2-4-17(13-15)28-16-7-11-22-12-8-16/h2-4,7-8,11-14,21H,5-6,9-10H2,1H3,(H,23,24,25,27). The Hall–Kier alpha value is -3.26. The third-order valence-electron chi connectivity index (χ3n) is 4.69. The van der Waals surface area contributed by atoms with Crippen LogP contribution in [0.1, 0.15) is 34.9 Å². The molecule has 0 radical (unpaired) electrons. The van der Waals surface area contributed by atoms with Gasteiger partial charge in [-0.25, -0.2) is 4.68 Å². The summed E-state index contributed by atoms with van der Waals surface area (Å²) in [5, 5.41) is 10.7. The van der Waals surface area contributed by atoms with Crippen LogP contribution in [0.15, 0.2) is 48.8 Å². The molecule has 1 aliphatic rings. The number of nitrogens with zero attached hydrogens (tertiary/aromatic N) is 4. The molecule has 0 bridgehead atoms. The van der Waals surface area contributed by atoms with E-state index in [4.69, 9.17) is 4.74 Å². The van der Waals surface area contributed by atoms with E-state index in [1.165, 1.54) is 0 Å². The molecule has 1 amide bonds. The fraction of sp³-hybridized carbons (Fsp3) is 0.300. The van der Waals surface area contributed by atoms with Gasteiger partial charge >= 0.3 is 0 Å². The van der Waals surface area contributed by atoms with E-state index < -0.39 is 0 Å². The van der Waals surface area contributed by atoms with E-state index >= 15 is 0 Å². The Morgan fingerprint density at radius 3 is 2.75 bits per heavy atom. The van der Waals surface area contributed by atoms with Gasteiger partial charge in [-0.05, 0) is 56.3 Å². The van der Waals surface area contributed by atoms with E-state index in [-0.39, 0.29) is 5.91 Å². The number of aryl methyl sites for hydroxylation is 1. The van der Waals surface area contributed by atoms with Gasteiger partial charge in [0.1, 0.15) is 11.5 Å². The molecule has 8 nitrogen and oxygen atoms in total. The molecule has 8 heteroatoms. The minimum Gasteiger partial charge on any atom is -0.457 e. The summed E-state index contributed by atoms with van der Waals surface area (Å²) < 4.78 is 7.39. The predicted molar refractivity (Wildman–Crippen MR) is 105 cm³/mol. The monoisotopic (exact) mass is 378 g/mol. The largest absolute Gasteiger partial charge is 0.457 e. The number of carbonyl (C=O) groups excluding carboxylic acids is 1. The Kier molecular flexibility index (Phi) is 5.29. The van der Waals surface area contributed by atoms with Crippen LogP contribution in [0.4, 0.5) is 5.95 Å². The van der Waals surface area contributed by atoms with Gasteiger partial charge in [0.2, 0.25) is 5.95 Å². The summed E-state index contributed by atoms with van der Waals surface area (Å²) in [6.07, 6.45) is 5.32. The van der Waals surface area contributed by atoms with Crippen molar-refractivity contribution in [2.75, 3.05) is 18.4 Å². The molecule has 3 heterocycles. The van der Waals surface area contributed by atoms with Crippen molar-refractivity contribution in [3.63, 3.8) is 0 Å². The number of carbonyl (C=O) groups is 1.